The number of amides is 2. The molecule has 0 bridgehead atoms. The molecule has 130 valence electrons. The minimum Gasteiger partial charge on any atom is -0.397 e. The van der Waals surface area contributed by atoms with Crippen LogP contribution in [-0.2, 0) is 4.79 Å². The maximum Gasteiger partial charge on any atom is 0.257 e. The van der Waals surface area contributed by atoms with Gasteiger partial charge >= 0.3 is 0 Å². The zero-order valence-corrected chi connectivity index (χ0v) is 14.3. The molecule has 5 nitrogen and oxygen atoms in total. The SMILES string of the molecule is CC(=O)Nc1ccccc1C(=O)Nc1ccccc1N.c1cc2ccc1-2. The smallest absolute Gasteiger partial charge is 0.257 e. The largest absolute Gasteiger partial charge is 0.397 e. The number of benzene rings is 3. The molecular formula is C21H19N3O2. The highest BCUT2D eigenvalue weighted by Gasteiger charge is 2.12. The number of nitrogen functional groups attached to an aromatic ring is 1. The van der Waals surface area contributed by atoms with Crippen LogP contribution in [0.3, 0.4) is 0 Å². The lowest BCUT2D eigenvalue weighted by Gasteiger charge is -2.11. The van der Waals surface area contributed by atoms with E-state index in [1.165, 1.54) is 18.1 Å². The fraction of sp³-hybridized carbons (Fsp3) is 0.0476. The highest BCUT2D eigenvalue weighted by Crippen LogP contribution is 2.29. The molecule has 0 unspecified atom stereocenters. The Hall–Kier alpha value is -3.60. The van der Waals surface area contributed by atoms with E-state index in [0.717, 1.165) is 0 Å². The molecule has 0 heterocycles. The van der Waals surface area contributed by atoms with Crippen molar-refractivity contribution in [2.75, 3.05) is 16.4 Å². The van der Waals surface area contributed by atoms with Crippen LogP contribution < -0.4 is 16.4 Å². The Labute approximate surface area is 151 Å². The van der Waals surface area contributed by atoms with Gasteiger partial charge in [-0.05, 0) is 35.4 Å². The van der Waals surface area contributed by atoms with E-state index in [-0.39, 0.29) is 11.8 Å². The van der Waals surface area contributed by atoms with E-state index in [0.29, 0.717) is 22.6 Å². The highest BCUT2D eigenvalue weighted by molar-refractivity contribution is 6.10. The van der Waals surface area contributed by atoms with Crippen molar-refractivity contribution in [2.45, 2.75) is 6.92 Å². The summed E-state index contributed by atoms with van der Waals surface area (Å²) in [6.45, 7) is 1.39. The van der Waals surface area contributed by atoms with Crippen molar-refractivity contribution in [3.8, 4) is 11.1 Å². The van der Waals surface area contributed by atoms with Crippen molar-refractivity contribution in [2.24, 2.45) is 0 Å². The zero-order chi connectivity index (χ0) is 18.5. The van der Waals surface area contributed by atoms with Crippen LogP contribution in [0.25, 0.3) is 11.1 Å². The monoisotopic (exact) mass is 345 g/mol. The summed E-state index contributed by atoms with van der Waals surface area (Å²) in [5, 5.41) is 5.35. The second-order valence-corrected chi connectivity index (χ2v) is 5.85. The number of fused-ring (bicyclic) bond motifs is 1. The van der Waals surface area contributed by atoms with Gasteiger partial charge in [-0.25, -0.2) is 0 Å². The summed E-state index contributed by atoms with van der Waals surface area (Å²) in [4.78, 5) is 23.4. The van der Waals surface area contributed by atoms with Crippen LogP contribution >= 0.6 is 0 Å². The van der Waals surface area contributed by atoms with E-state index >= 15 is 0 Å². The number of hydrogen-bond donors (Lipinski definition) is 3. The second-order valence-electron chi connectivity index (χ2n) is 5.85. The van der Waals surface area contributed by atoms with Crippen molar-refractivity contribution < 1.29 is 9.59 Å². The number of anilines is 3. The third-order valence-corrected chi connectivity index (χ3v) is 3.91. The number of nitrogens with two attached hydrogens (primary N) is 1. The van der Waals surface area contributed by atoms with Gasteiger partial charge in [0.2, 0.25) is 5.91 Å². The van der Waals surface area contributed by atoms with Crippen molar-refractivity contribution in [3.63, 3.8) is 0 Å². The zero-order valence-electron chi connectivity index (χ0n) is 14.3. The van der Waals surface area contributed by atoms with Crippen LogP contribution in [0.1, 0.15) is 17.3 Å². The second kappa shape index (κ2) is 7.53. The molecule has 2 aromatic rings. The molecule has 0 saturated heterocycles. The van der Waals surface area contributed by atoms with Gasteiger partial charge in [0.25, 0.3) is 5.91 Å². The predicted octanol–water partition coefficient (Wildman–Crippen LogP) is 4.15. The lowest BCUT2D eigenvalue weighted by Crippen LogP contribution is -2.17. The van der Waals surface area contributed by atoms with Gasteiger partial charge < -0.3 is 16.4 Å². The normalized spacial score (nSPS) is 10.2. The number of rotatable bonds is 3. The standard InChI is InChI=1S/C15H15N3O2.C6H4/c1-10(19)17-13-8-4-2-6-11(13)15(20)18-14-9-5-3-7-12(14)16;1-2-6-4-3-5(1)6/h2-9H,16H2,1H3,(H,17,19)(H,18,20);1-4H. The number of hydrogen-bond acceptors (Lipinski definition) is 3. The number of nitrogens with one attached hydrogen (secondary N) is 2. The number of para-hydroxylation sites is 3. The molecule has 0 aliphatic heterocycles. The van der Waals surface area contributed by atoms with Crippen LogP contribution in [0.15, 0.2) is 72.8 Å². The van der Waals surface area contributed by atoms with Crippen LogP contribution in [0, 0.1) is 0 Å². The molecule has 0 spiro atoms. The molecule has 0 aromatic heterocycles. The fourth-order valence-corrected chi connectivity index (χ4v) is 2.44. The van der Waals surface area contributed by atoms with E-state index in [4.69, 9.17) is 5.73 Å². The lowest BCUT2D eigenvalue weighted by atomic mass is 9.95. The molecule has 4 rings (SSSR count). The van der Waals surface area contributed by atoms with E-state index in [1.54, 1.807) is 48.5 Å². The quantitative estimate of drug-likeness (QED) is 0.488. The average molecular weight is 345 g/mol. The molecule has 26 heavy (non-hydrogen) atoms. The summed E-state index contributed by atoms with van der Waals surface area (Å²) >= 11 is 0. The van der Waals surface area contributed by atoms with E-state index in [9.17, 15) is 9.59 Å². The Morgan fingerprint density at radius 1 is 0.731 bits per heavy atom. The molecule has 5 heteroatoms. The van der Waals surface area contributed by atoms with Crippen LogP contribution in [0.2, 0.25) is 0 Å². The van der Waals surface area contributed by atoms with Gasteiger partial charge in [0.1, 0.15) is 0 Å². The van der Waals surface area contributed by atoms with Crippen LogP contribution in [0.4, 0.5) is 17.1 Å². The molecule has 2 aliphatic carbocycles. The van der Waals surface area contributed by atoms with Crippen LogP contribution in [0.5, 0.6) is 0 Å². The number of carbonyl (C=O) groups excluding carboxylic acids is 2. The number of carbonyl (C=O) groups is 2. The third kappa shape index (κ3) is 3.89. The summed E-state index contributed by atoms with van der Waals surface area (Å²) in [6.07, 6.45) is 0. The summed E-state index contributed by atoms with van der Waals surface area (Å²) in [6, 6.07) is 22.3. The lowest BCUT2D eigenvalue weighted by molar-refractivity contribution is -0.114. The van der Waals surface area contributed by atoms with Crippen LogP contribution in [-0.4, -0.2) is 11.8 Å². The summed E-state index contributed by atoms with van der Waals surface area (Å²) in [5.74, 6) is -0.559. The first-order valence-corrected chi connectivity index (χ1v) is 8.17. The Kier molecular flexibility index (Phi) is 4.99. The Morgan fingerprint density at radius 2 is 1.27 bits per heavy atom. The molecule has 2 amide bonds. The van der Waals surface area contributed by atoms with Gasteiger partial charge in [-0.3, -0.25) is 9.59 Å². The Bertz CT molecular complexity index is 928. The van der Waals surface area contributed by atoms with E-state index in [2.05, 4.69) is 34.9 Å². The molecule has 0 saturated carbocycles. The van der Waals surface area contributed by atoms with Crippen molar-refractivity contribution in [3.05, 3.63) is 78.4 Å². The van der Waals surface area contributed by atoms with Gasteiger partial charge in [-0.2, -0.15) is 0 Å². The molecular weight excluding hydrogens is 326 g/mol. The fourth-order valence-electron chi connectivity index (χ4n) is 2.44. The van der Waals surface area contributed by atoms with Gasteiger partial charge in [0.15, 0.2) is 0 Å². The summed E-state index contributed by atoms with van der Waals surface area (Å²) in [7, 11) is 0. The van der Waals surface area contributed by atoms with Crippen molar-refractivity contribution in [1.29, 1.82) is 0 Å². The first-order chi connectivity index (χ1) is 12.5. The highest BCUT2D eigenvalue weighted by atomic mass is 16.2. The minimum absolute atomic E-state index is 0.232. The maximum absolute atomic E-state index is 12.3. The first kappa shape index (κ1) is 17.2. The maximum atomic E-state index is 12.3. The Morgan fingerprint density at radius 3 is 1.77 bits per heavy atom. The molecule has 0 fully saturated rings. The molecule has 0 radical (unpaired) electrons. The molecule has 2 aliphatic rings. The van der Waals surface area contributed by atoms with Gasteiger partial charge in [-0.15, -0.1) is 0 Å². The minimum atomic E-state index is -0.327. The average Bonchev–Trinajstić information content (AvgIpc) is 2.60. The first-order valence-electron chi connectivity index (χ1n) is 8.17. The van der Waals surface area contributed by atoms with Crippen molar-refractivity contribution in [1.82, 2.24) is 0 Å². The summed E-state index contributed by atoms with van der Waals surface area (Å²) in [5.41, 5.74) is 10.5. The molecule has 2 aromatic carbocycles. The van der Waals surface area contributed by atoms with Gasteiger partial charge in [0, 0.05) is 6.92 Å². The topological polar surface area (TPSA) is 84.2 Å². The summed E-state index contributed by atoms with van der Waals surface area (Å²) < 4.78 is 0. The van der Waals surface area contributed by atoms with E-state index in [1.807, 2.05) is 0 Å². The molecule has 0 atom stereocenters. The van der Waals surface area contributed by atoms with Crippen molar-refractivity contribution >= 4 is 28.9 Å². The van der Waals surface area contributed by atoms with Gasteiger partial charge in [-0.1, -0.05) is 48.5 Å². The van der Waals surface area contributed by atoms with Gasteiger partial charge in [0.05, 0.1) is 22.6 Å². The predicted molar refractivity (Wildman–Crippen MR) is 105 cm³/mol. The van der Waals surface area contributed by atoms with E-state index < -0.39 is 0 Å². The Balaban J connectivity index is 0.000000269. The third-order valence-electron chi connectivity index (χ3n) is 3.91. The molecule has 4 N–H and O–H groups in total.